The van der Waals surface area contributed by atoms with Crippen LogP contribution in [0.4, 0.5) is 0 Å². The zero-order valence-corrected chi connectivity index (χ0v) is 9.89. The summed E-state index contributed by atoms with van der Waals surface area (Å²) < 4.78 is 20.2. The summed E-state index contributed by atoms with van der Waals surface area (Å²) in [6.07, 6.45) is -0.717. The Hall–Kier alpha value is 0.0300. The molecule has 0 spiro atoms. The van der Waals surface area contributed by atoms with E-state index in [1.54, 1.807) is 13.8 Å². The van der Waals surface area contributed by atoms with Crippen molar-refractivity contribution in [1.82, 2.24) is 0 Å². The average molecular weight is 242 g/mol. The summed E-state index contributed by atoms with van der Waals surface area (Å²) in [5, 5.41) is 18.2. The smallest absolute Gasteiger partial charge is 0.391 e. The monoisotopic (exact) mass is 242 g/mol. The molecule has 2 atom stereocenters. The molecule has 0 aliphatic rings. The Bertz CT molecular complexity index is 191. The van der Waals surface area contributed by atoms with Crippen molar-refractivity contribution in [1.29, 1.82) is 0 Å². The van der Waals surface area contributed by atoms with Gasteiger partial charge in [0, 0.05) is 0 Å². The van der Waals surface area contributed by atoms with Gasteiger partial charge in [-0.05, 0) is 12.8 Å². The molecule has 0 aliphatic heterocycles. The lowest BCUT2D eigenvalue weighted by atomic mass is 10.3. The van der Waals surface area contributed by atoms with Gasteiger partial charge < -0.3 is 15.1 Å². The highest BCUT2D eigenvalue weighted by Gasteiger charge is 2.23. The predicted octanol–water partition coefficient (Wildman–Crippen LogP) is 0.662. The predicted molar refractivity (Wildman–Crippen MR) is 54.3 cm³/mol. The summed E-state index contributed by atoms with van der Waals surface area (Å²) >= 11 is 0. The zero-order chi connectivity index (χ0) is 11.9. The quantitative estimate of drug-likeness (QED) is 0.541. The number of phosphoric acid groups is 1. The highest BCUT2D eigenvalue weighted by molar-refractivity contribution is 7.47. The van der Waals surface area contributed by atoms with Gasteiger partial charge in [0.2, 0.25) is 0 Å². The summed E-state index contributed by atoms with van der Waals surface area (Å²) in [7, 11) is -4.15. The molecule has 0 bridgehead atoms. The van der Waals surface area contributed by atoms with E-state index in [1.807, 2.05) is 0 Å². The van der Waals surface area contributed by atoms with E-state index >= 15 is 0 Å². The largest absolute Gasteiger partial charge is 0.472 e. The van der Waals surface area contributed by atoms with Gasteiger partial charge in [-0.15, -0.1) is 0 Å². The highest BCUT2D eigenvalue weighted by atomic mass is 31.2. The molecule has 6 nitrogen and oxygen atoms in total. The molecule has 0 saturated carbocycles. The topological polar surface area (TPSA) is 96.2 Å². The number of rotatable bonds is 8. The van der Waals surface area contributed by atoms with Crippen LogP contribution >= 0.6 is 7.82 Å². The van der Waals surface area contributed by atoms with Crippen LogP contribution in [-0.4, -0.2) is 40.5 Å². The van der Waals surface area contributed by atoms with Crippen LogP contribution in [0.1, 0.15) is 26.7 Å². The van der Waals surface area contributed by atoms with Crippen LogP contribution in [0.2, 0.25) is 0 Å². The van der Waals surface area contributed by atoms with E-state index in [-0.39, 0.29) is 13.2 Å². The van der Waals surface area contributed by atoms with Gasteiger partial charge in [0.25, 0.3) is 0 Å². The Balaban J connectivity index is 3.81. The Labute approximate surface area is 89.5 Å². The molecule has 15 heavy (non-hydrogen) atoms. The highest BCUT2D eigenvalue weighted by Crippen LogP contribution is 2.43. The molecule has 3 N–H and O–H groups in total. The van der Waals surface area contributed by atoms with Gasteiger partial charge in [-0.1, -0.05) is 13.8 Å². The third kappa shape index (κ3) is 7.90. The molecule has 0 heterocycles. The van der Waals surface area contributed by atoms with E-state index in [9.17, 15) is 4.57 Å². The zero-order valence-electron chi connectivity index (χ0n) is 9.00. The molecule has 2 unspecified atom stereocenters. The molecule has 7 heteroatoms. The van der Waals surface area contributed by atoms with Crippen molar-refractivity contribution >= 4 is 7.82 Å². The second kappa shape index (κ2) is 7.33. The van der Waals surface area contributed by atoms with Crippen LogP contribution in [-0.2, 0) is 13.6 Å². The molecular formula is C8H19O6P. The minimum atomic E-state index is -4.15. The fourth-order valence-corrected chi connectivity index (χ4v) is 1.43. The lowest BCUT2D eigenvalue weighted by Crippen LogP contribution is -2.16. The first kappa shape index (κ1) is 15.0. The van der Waals surface area contributed by atoms with E-state index in [0.717, 1.165) is 0 Å². The number of hydrogen-bond donors (Lipinski definition) is 3. The molecule has 0 aliphatic carbocycles. The molecule has 0 aromatic carbocycles. The number of phosphoric ester groups is 1. The summed E-state index contributed by atoms with van der Waals surface area (Å²) in [5.41, 5.74) is 0. The van der Waals surface area contributed by atoms with Crippen molar-refractivity contribution in [2.24, 2.45) is 0 Å². The first-order valence-electron chi connectivity index (χ1n) is 4.89. The summed E-state index contributed by atoms with van der Waals surface area (Å²) in [6, 6.07) is 0. The summed E-state index contributed by atoms with van der Waals surface area (Å²) in [6.45, 7) is 2.93. The van der Waals surface area contributed by atoms with Gasteiger partial charge in [0.05, 0.1) is 25.4 Å². The van der Waals surface area contributed by atoms with Crippen LogP contribution in [0.15, 0.2) is 0 Å². The van der Waals surface area contributed by atoms with Crippen LogP contribution in [0.25, 0.3) is 0 Å². The van der Waals surface area contributed by atoms with Crippen molar-refractivity contribution in [3.05, 3.63) is 0 Å². The van der Waals surface area contributed by atoms with E-state index in [4.69, 9.17) is 15.1 Å². The summed E-state index contributed by atoms with van der Waals surface area (Å²) in [5.74, 6) is 0. The van der Waals surface area contributed by atoms with Crippen LogP contribution in [0.3, 0.4) is 0 Å². The second-order valence-electron chi connectivity index (χ2n) is 3.18. The van der Waals surface area contributed by atoms with Crippen LogP contribution in [0, 0.1) is 0 Å². The molecule has 0 saturated heterocycles. The van der Waals surface area contributed by atoms with Gasteiger partial charge in [-0.25, -0.2) is 4.57 Å². The Morgan fingerprint density at radius 3 is 1.67 bits per heavy atom. The van der Waals surface area contributed by atoms with Gasteiger partial charge in [-0.3, -0.25) is 9.05 Å². The minimum Gasteiger partial charge on any atom is -0.391 e. The normalized spacial score (nSPS) is 19.5. The van der Waals surface area contributed by atoms with Gasteiger partial charge in [-0.2, -0.15) is 0 Å². The fourth-order valence-electron chi connectivity index (χ4n) is 0.633. The maximum absolute atomic E-state index is 11.1. The molecule has 0 amide bonds. The van der Waals surface area contributed by atoms with E-state index < -0.39 is 20.0 Å². The maximum atomic E-state index is 11.1. The van der Waals surface area contributed by atoms with Crippen molar-refractivity contribution in [2.75, 3.05) is 13.2 Å². The SMILES string of the molecule is CCC(O)COP(=O)(O)OCC(O)CC. The van der Waals surface area contributed by atoms with Crippen LogP contribution < -0.4 is 0 Å². The van der Waals surface area contributed by atoms with Crippen molar-refractivity contribution in [3.8, 4) is 0 Å². The number of aliphatic hydroxyl groups excluding tert-OH is 2. The van der Waals surface area contributed by atoms with Gasteiger partial charge >= 0.3 is 7.82 Å². The molecule has 0 radical (unpaired) electrons. The number of hydrogen-bond acceptors (Lipinski definition) is 5. The van der Waals surface area contributed by atoms with E-state index in [1.165, 1.54) is 0 Å². The van der Waals surface area contributed by atoms with E-state index in [2.05, 4.69) is 9.05 Å². The Morgan fingerprint density at radius 2 is 1.40 bits per heavy atom. The van der Waals surface area contributed by atoms with Crippen molar-refractivity contribution < 1.29 is 28.7 Å². The maximum Gasteiger partial charge on any atom is 0.472 e. The lowest BCUT2D eigenvalue weighted by molar-refractivity contribution is 0.0473. The first-order valence-corrected chi connectivity index (χ1v) is 6.38. The molecule has 0 fully saturated rings. The van der Waals surface area contributed by atoms with Crippen molar-refractivity contribution in [2.45, 2.75) is 38.9 Å². The average Bonchev–Trinajstić information content (AvgIpc) is 2.22. The second-order valence-corrected chi connectivity index (χ2v) is 4.64. The number of aliphatic hydroxyl groups is 2. The van der Waals surface area contributed by atoms with Gasteiger partial charge in [0.15, 0.2) is 0 Å². The first-order chi connectivity index (χ1) is 6.91. The Morgan fingerprint density at radius 1 is 1.07 bits per heavy atom. The van der Waals surface area contributed by atoms with Crippen LogP contribution in [0.5, 0.6) is 0 Å². The minimum absolute atomic E-state index is 0.257. The third-order valence-electron chi connectivity index (χ3n) is 1.80. The standard InChI is InChI=1S/C8H19O6P/c1-3-7(9)5-13-15(11,12)14-6-8(10)4-2/h7-10H,3-6H2,1-2H3,(H,11,12). The van der Waals surface area contributed by atoms with E-state index in [0.29, 0.717) is 12.8 Å². The van der Waals surface area contributed by atoms with Gasteiger partial charge in [0.1, 0.15) is 0 Å². The third-order valence-corrected chi connectivity index (χ3v) is 2.75. The Kier molecular flexibility index (Phi) is 7.34. The fraction of sp³-hybridized carbons (Fsp3) is 1.00. The molecule has 0 aromatic heterocycles. The molecular weight excluding hydrogens is 223 g/mol. The summed E-state index contributed by atoms with van der Waals surface area (Å²) in [4.78, 5) is 9.09. The molecule has 0 aromatic rings. The van der Waals surface area contributed by atoms with Crippen molar-refractivity contribution in [3.63, 3.8) is 0 Å². The molecule has 0 rings (SSSR count). The molecule has 92 valence electrons. The lowest BCUT2D eigenvalue weighted by Gasteiger charge is -2.15.